The highest BCUT2D eigenvalue weighted by atomic mass is 32.2. The number of ketones is 1. The second kappa shape index (κ2) is 19.0. The average Bonchev–Trinajstić information content (AvgIpc) is 2.82. The van der Waals surface area contributed by atoms with Crippen molar-refractivity contribution in [3.05, 3.63) is 17.4 Å². The molecule has 0 aromatic carbocycles. The van der Waals surface area contributed by atoms with Crippen LogP contribution in [0.2, 0.25) is 0 Å². The molecule has 0 spiro atoms. The van der Waals surface area contributed by atoms with E-state index in [0.29, 0.717) is 37.0 Å². The molecule has 0 aliphatic heterocycles. The fourth-order valence-corrected chi connectivity index (χ4v) is 4.29. The number of unbranched alkanes of at least 4 members (excludes halogenated alkanes) is 5. The van der Waals surface area contributed by atoms with Crippen LogP contribution in [0.1, 0.15) is 89.7 Å². The lowest BCUT2D eigenvalue weighted by molar-refractivity contribution is -0.122. The molecule has 0 unspecified atom stereocenters. The van der Waals surface area contributed by atoms with E-state index in [1.165, 1.54) is 25.7 Å². The van der Waals surface area contributed by atoms with Crippen LogP contribution in [0.25, 0.3) is 5.53 Å². The molecule has 0 saturated heterocycles. The molecule has 0 saturated carbocycles. The first kappa shape index (κ1) is 30.7. The van der Waals surface area contributed by atoms with Gasteiger partial charge in [-0.2, -0.15) is 4.79 Å². The molecule has 1 rings (SSSR count). The van der Waals surface area contributed by atoms with E-state index in [0.717, 1.165) is 31.2 Å². The molecule has 196 valence electrons. The summed E-state index contributed by atoms with van der Waals surface area (Å²) < 4.78 is 5.32. The predicted octanol–water partition coefficient (Wildman–Crippen LogP) is 4.78. The highest BCUT2D eigenvalue weighted by Crippen LogP contribution is 2.22. The third kappa shape index (κ3) is 14.0. The number of anilines is 1. The van der Waals surface area contributed by atoms with Crippen LogP contribution in [0, 0.1) is 5.92 Å². The number of carbonyl (C=O) groups is 2. The Labute approximate surface area is 214 Å². The molecule has 0 aliphatic carbocycles. The van der Waals surface area contributed by atoms with Gasteiger partial charge >= 0.3 is 12.0 Å². The minimum Gasteiger partial charge on any atom is -0.382 e. The molecule has 1 aromatic rings. The summed E-state index contributed by atoms with van der Waals surface area (Å²) in [4.78, 5) is 36.6. The maximum Gasteiger partial charge on any atom is 0.331 e. The van der Waals surface area contributed by atoms with Crippen molar-refractivity contribution in [3.63, 3.8) is 0 Å². The Balaban J connectivity index is 2.90. The molecule has 1 atom stereocenters. The number of thioether (sulfide) groups is 1. The van der Waals surface area contributed by atoms with Crippen LogP contribution in [-0.4, -0.2) is 64.2 Å². The van der Waals surface area contributed by atoms with Gasteiger partial charge < -0.3 is 20.9 Å². The van der Waals surface area contributed by atoms with Crippen molar-refractivity contribution >= 4 is 35.5 Å². The molecule has 35 heavy (non-hydrogen) atoms. The molecule has 9 nitrogen and oxygen atoms in total. The van der Waals surface area contributed by atoms with Crippen molar-refractivity contribution in [2.45, 2.75) is 90.1 Å². The monoisotopic (exact) mass is 506 g/mol. The summed E-state index contributed by atoms with van der Waals surface area (Å²) >= 11 is 1.55. The number of hydrogen-bond donors (Lipinski definition) is 2. The number of Topliss-reactive ketones (excluding diaryl/α,β-unsaturated/α-hetero) is 1. The normalized spacial score (nSPS) is 11.7. The maximum absolute atomic E-state index is 12.9. The van der Waals surface area contributed by atoms with Crippen LogP contribution in [0.4, 0.5) is 5.82 Å². The first-order valence-corrected chi connectivity index (χ1v) is 13.7. The molecule has 1 amide bonds. The highest BCUT2D eigenvalue weighted by Gasteiger charge is 2.22. The molecule has 1 aromatic heterocycles. The average molecular weight is 507 g/mol. The molecule has 0 bridgehead atoms. The van der Waals surface area contributed by atoms with Crippen molar-refractivity contribution in [1.29, 1.82) is 0 Å². The van der Waals surface area contributed by atoms with Gasteiger partial charge in [0.25, 0.3) is 0 Å². The number of rotatable bonds is 20. The van der Waals surface area contributed by atoms with E-state index in [4.69, 9.17) is 10.3 Å². The summed E-state index contributed by atoms with van der Waals surface area (Å²) in [5, 5.41) is 6.79. The van der Waals surface area contributed by atoms with Gasteiger partial charge in [-0.05, 0) is 37.9 Å². The number of carbonyl (C=O) groups excluding carboxylic acids is 2. The van der Waals surface area contributed by atoms with Gasteiger partial charge in [0.2, 0.25) is 11.7 Å². The Morgan fingerprint density at radius 1 is 1.14 bits per heavy atom. The third-order valence-electron chi connectivity index (χ3n) is 5.16. The van der Waals surface area contributed by atoms with E-state index in [1.54, 1.807) is 17.8 Å². The molecule has 2 N–H and O–H groups in total. The fraction of sp³-hybridized carbons (Fsp3) is 0.720. The van der Waals surface area contributed by atoms with Gasteiger partial charge in [-0.25, -0.2) is 9.97 Å². The SMILES string of the molecule is CCCCCCCCSc1cc(N[C@@H](CC(C)C)C(=O)NCCCOCC)nc(C(=O)C=[N+]=[N-])n1. The van der Waals surface area contributed by atoms with Crippen molar-refractivity contribution in [2.75, 3.05) is 30.8 Å². The molecular formula is C25H42N6O3S. The second-order valence-corrected chi connectivity index (χ2v) is 9.92. The van der Waals surface area contributed by atoms with E-state index in [1.807, 2.05) is 20.8 Å². The minimum absolute atomic E-state index is 0.0707. The van der Waals surface area contributed by atoms with Gasteiger partial charge in [0, 0.05) is 25.8 Å². The molecule has 0 fully saturated rings. The Hall–Kier alpha value is -2.29. The van der Waals surface area contributed by atoms with Crippen LogP contribution >= 0.6 is 11.8 Å². The third-order valence-corrected chi connectivity index (χ3v) is 6.16. The number of nitrogens with one attached hydrogen (secondary N) is 2. The van der Waals surface area contributed by atoms with Crippen molar-refractivity contribution in [3.8, 4) is 0 Å². The minimum atomic E-state index is -0.599. The van der Waals surface area contributed by atoms with Crippen LogP contribution in [0.15, 0.2) is 11.1 Å². The lowest BCUT2D eigenvalue weighted by atomic mass is 10.0. The standard InChI is InChI=1S/C25H42N6O3S/c1-5-7-8-9-10-11-15-35-23-17-22(30-24(31-23)21(32)18-28-26)29-20(16-19(3)4)25(33)27-13-12-14-34-6-2/h17-20H,5-16H2,1-4H3,(H,27,33)(H,29,30,31)/t20-/m0/s1. The van der Waals surface area contributed by atoms with Gasteiger partial charge in [-0.1, -0.05) is 52.9 Å². The Morgan fingerprint density at radius 2 is 1.89 bits per heavy atom. The number of hydrogen-bond acceptors (Lipinski definition) is 7. The quantitative estimate of drug-likeness (QED) is 0.0495. The maximum atomic E-state index is 12.9. The molecule has 0 radical (unpaired) electrons. The molecule has 0 aliphatic rings. The lowest BCUT2D eigenvalue weighted by Crippen LogP contribution is -2.41. The van der Waals surface area contributed by atoms with Crippen molar-refractivity contribution in [1.82, 2.24) is 15.3 Å². The lowest BCUT2D eigenvalue weighted by Gasteiger charge is -2.21. The van der Waals surface area contributed by atoms with Gasteiger partial charge in [-0.15, -0.1) is 11.8 Å². The van der Waals surface area contributed by atoms with Crippen LogP contribution < -0.4 is 10.6 Å². The first-order chi connectivity index (χ1) is 16.9. The van der Waals surface area contributed by atoms with Crippen molar-refractivity contribution in [2.24, 2.45) is 5.92 Å². The smallest absolute Gasteiger partial charge is 0.331 e. The number of aromatic nitrogens is 2. The largest absolute Gasteiger partial charge is 0.382 e. The molecule has 1 heterocycles. The van der Waals surface area contributed by atoms with E-state index in [9.17, 15) is 9.59 Å². The van der Waals surface area contributed by atoms with E-state index in [-0.39, 0.29) is 17.6 Å². The predicted molar refractivity (Wildman–Crippen MR) is 141 cm³/mol. The van der Waals surface area contributed by atoms with E-state index in [2.05, 4.69) is 32.3 Å². The number of amides is 1. The van der Waals surface area contributed by atoms with Crippen LogP contribution in [0.3, 0.4) is 0 Å². The zero-order valence-corrected chi connectivity index (χ0v) is 22.5. The summed E-state index contributed by atoms with van der Waals surface area (Å²) in [7, 11) is 0. The van der Waals surface area contributed by atoms with E-state index >= 15 is 0 Å². The van der Waals surface area contributed by atoms with Gasteiger partial charge in [0.15, 0.2) is 0 Å². The molecule has 10 heteroatoms. The summed E-state index contributed by atoms with van der Waals surface area (Å²) in [6.07, 6.45) is 9.30. The summed E-state index contributed by atoms with van der Waals surface area (Å²) in [6, 6.07) is 1.26. The zero-order valence-electron chi connectivity index (χ0n) is 21.7. The van der Waals surface area contributed by atoms with Crippen LogP contribution in [-0.2, 0) is 9.53 Å². The Morgan fingerprint density at radius 3 is 2.57 bits per heavy atom. The summed E-state index contributed by atoms with van der Waals surface area (Å²) in [6.45, 7) is 10.0. The number of nitrogens with zero attached hydrogens (tertiary/aromatic N) is 4. The second-order valence-electron chi connectivity index (χ2n) is 8.81. The van der Waals surface area contributed by atoms with Gasteiger partial charge in [-0.3, -0.25) is 9.59 Å². The summed E-state index contributed by atoms with van der Waals surface area (Å²) in [5.74, 6) is 0.750. The van der Waals surface area contributed by atoms with Gasteiger partial charge in [0.05, 0.1) is 0 Å². The van der Waals surface area contributed by atoms with Crippen LogP contribution in [0.5, 0.6) is 0 Å². The van der Waals surface area contributed by atoms with Gasteiger partial charge in [0.1, 0.15) is 16.9 Å². The van der Waals surface area contributed by atoms with Crippen molar-refractivity contribution < 1.29 is 19.1 Å². The topological polar surface area (TPSA) is 130 Å². The first-order valence-electron chi connectivity index (χ1n) is 12.8. The Kier molecular flexibility index (Phi) is 16.7. The fourth-order valence-electron chi connectivity index (χ4n) is 3.39. The Bertz CT molecular complexity index is 814. The highest BCUT2D eigenvalue weighted by molar-refractivity contribution is 7.99. The summed E-state index contributed by atoms with van der Waals surface area (Å²) in [5.41, 5.74) is 8.76. The molecular weight excluding hydrogens is 464 g/mol. The number of ether oxygens (including phenoxy) is 1. The zero-order chi connectivity index (χ0) is 25.9. The van der Waals surface area contributed by atoms with E-state index < -0.39 is 11.8 Å².